The SMILES string of the molecule is COCc1nsc(NCc2ccccc2N2CCCCC2)n1. The molecule has 0 spiro atoms. The molecule has 0 bridgehead atoms. The van der Waals surface area contributed by atoms with Crippen LogP contribution in [0.1, 0.15) is 30.7 Å². The normalized spacial score (nSPS) is 15.0. The number of ether oxygens (including phenoxy) is 1. The van der Waals surface area contributed by atoms with E-state index in [0.717, 1.165) is 30.6 Å². The maximum Gasteiger partial charge on any atom is 0.202 e. The molecule has 22 heavy (non-hydrogen) atoms. The first-order valence-electron chi connectivity index (χ1n) is 7.75. The summed E-state index contributed by atoms with van der Waals surface area (Å²) in [5.41, 5.74) is 2.66. The van der Waals surface area contributed by atoms with Gasteiger partial charge in [0, 0.05) is 44.0 Å². The Balaban J connectivity index is 1.66. The summed E-state index contributed by atoms with van der Waals surface area (Å²) >= 11 is 1.38. The lowest BCUT2D eigenvalue weighted by molar-refractivity contribution is 0.179. The van der Waals surface area contributed by atoms with Gasteiger partial charge in [0.15, 0.2) is 5.82 Å². The Hall–Kier alpha value is -1.66. The van der Waals surface area contributed by atoms with Crippen molar-refractivity contribution < 1.29 is 4.74 Å². The van der Waals surface area contributed by atoms with E-state index in [9.17, 15) is 0 Å². The topological polar surface area (TPSA) is 50.3 Å². The van der Waals surface area contributed by atoms with Crippen LogP contribution in [0.5, 0.6) is 0 Å². The van der Waals surface area contributed by atoms with E-state index >= 15 is 0 Å². The maximum absolute atomic E-state index is 5.05. The van der Waals surface area contributed by atoms with E-state index in [2.05, 4.69) is 43.8 Å². The molecular formula is C16H22N4OS. The van der Waals surface area contributed by atoms with Gasteiger partial charge < -0.3 is 15.0 Å². The van der Waals surface area contributed by atoms with Crippen molar-refractivity contribution in [3.63, 3.8) is 0 Å². The van der Waals surface area contributed by atoms with Gasteiger partial charge in [-0.05, 0) is 30.9 Å². The number of piperidine rings is 1. The lowest BCUT2D eigenvalue weighted by Gasteiger charge is -2.30. The van der Waals surface area contributed by atoms with Crippen molar-refractivity contribution >= 4 is 22.4 Å². The van der Waals surface area contributed by atoms with Crippen molar-refractivity contribution in [2.24, 2.45) is 0 Å². The molecule has 1 aromatic carbocycles. The Bertz CT molecular complexity index is 595. The van der Waals surface area contributed by atoms with Gasteiger partial charge in [0.05, 0.1) is 0 Å². The third-order valence-electron chi connectivity index (χ3n) is 3.86. The van der Waals surface area contributed by atoms with Crippen molar-refractivity contribution in [3.05, 3.63) is 35.7 Å². The summed E-state index contributed by atoms with van der Waals surface area (Å²) < 4.78 is 9.31. The van der Waals surface area contributed by atoms with E-state index in [1.807, 2.05) is 0 Å². The number of benzene rings is 1. The van der Waals surface area contributed by atoms with Crippen LogP contribution in [0.2, 0.25) is 0 Å². The summed E-state index contributed by atoms with van der Waals surface area (Å²) in [6, 6.07) is 8.63. The zero-order valence-electron chi connectivity index (χ0n) is 12.9. The zero-order valence-corrected chi connectivity index (χ0v) is 13.7. The highest BCUT2D eigenvalue weighted by Gasteiger charge is 2.14. The van der Waals surface area contributed by atoms with Crippen LogP contribution in [0.25, 0.3) is 0 Å². The standard InChI is InChI=1S/C16H22N4OS/c1-21-12-15-18-16(22-19-15)17-11-13-7-3-4-8-14(13)20-9-5-2-6-10-20/h3-4,7-8H,2,5-6,9-12H2,1H3,(H,17,18,19). The number of aromatic nitrogens is 2. The Labute approximate surface area is 135 Å². The zero-order chi connectivity index (χ0) is 15.2. The lowest BCUT2D eigenvalue weighted by atomic mass is 10.1. The molecule has 1 aliphatic rings. The van der Waals surface area contributed by atoms with Crippen molar-refractivity contribution in [3.8, 4) is 0 Å². The largest absolute Gasteiger partial charge is 0.377 e. The molecule has 2 heterocycles. The molecule has 0 aliphatic carbocycles. The number of para-hydroxylation sites is 1. The average molecular weight is 318 g/mol. The fraction of sp³-hybridized carbons (Fsp3) is 0.500. The molecule has 118 valence electrons. The minimum atomic E-state index is 0.461. The van der Waals surface area contributed by atoms with E-state index in [4.69, 9.17) is 4.74 Å². The Morgan fingerprint density at radius 3 is 2.86 bits per heavy atom. The second-order valence-electron chi connectivity index (χ2n) is 5.48. The predicted octanol–water partition coefficient (Wildman–Crippen LogP) is 3.29. The second-order valence-corrected chi connectivity index (χ2v) is 6.23. The van der Waals surface area contributed by atoms with E-state index < -0.39 is 0 Å². The number of anilines is 2. The number of hydrogen-bond acceptors (Lipinski definition) is 6. The van der Waals surface area contributed by atoms with E-state index in [1.54, 1.807) is 7.11 Å². The first kappa shape index (κ1) is 15.2. The highest BCUT2D eigenvalue weighted by Crippen LogP contribution is 2.25. The van der Waals surface area contributed by atoms with E-state index in [0.29, 0.717) is 6.61 Å². The Morgan fingerprint density at radius 2 is 2.05 bits per heavy atom. The molecule has 1 fully saturated rings. The van der Waals surface area contributed by atoms with E-state index in [1.165, 1.54) is 42.0 Å². The summed E-state index contributed by atoms with van der Waals surface area (Å²) in [7, 11) is 1.66. The third kappa shape index (κ3) is 3.75. The van der Waals surface area contributed by atoms with Crippen LogP contribution in [-0.2, 0) is 17.9 Å². The molecule has 0 unspecified atom stereocenters. The van der Waals surface area contributed by atoms with Crippen LogP contribution in [0.15, 0.2) is 24.3 Å². The summed E-state index contributed by atoms with van der Waals surface area (Å²) in [6.07, 6.45) is 3.93. The fourth-order valence-electron chi connectivity index (χ4n) is 2.79. The second kappa shape index (κ2) is 7.56. The number of rotatable bonds is 6. The molecule has 0 atom stereocenters. The number of nitrogens with zero attached hydrogens (tertiary/aromatic N) is 3. The van der Waals surface area contributed by atoms with Crippen LogP contribution in [0, 0.1) is 0 Å². The molecule has 1 saturated heterocycles. The monoisotopic (exact) mass is 318 g/mol. The molecule has 0 radical (unpaired) electrons. The van der Waals surface area contributed by atoms with Crippen LogP contribution < -0.4 is 10.2 Å². The number of methoxy groups -OCH3 is 1. The van der Waals surface area contributed by atoms with Crippen LogP contribution in [-0.4, -0.2) is 29.6 Å². The van der Waals surface area contributed by atoms with Crippen LogP contribution >= 0.6 is 11.5 Å². The Kier molecular flexibility index (Phi) is 5.24. The van der Waals surface area contributed by atoms with Gasteiger partial charge in [0.1, 0.15) is 6.61 Å². The molecule has 0 amide bonds. The molecule has 6 heteroatoms. The summed E-state index contributed by atoms with van der Waals surface area (Å²) in [5, 5.41) is 4.23. The van der Waals surface area contributed by atoms with Crippen molar-refractivity contribution in [1.29, 1.82) is 0 Å². The molecule has 1 aliphatic heterocycles. The quantitative estimate of drug-likeness (QED) is 0.886. The van der Waals surface area contributed by atoms with Gasteiger partial charge in [0.2, 0.25) is 5.13 Å². The molecule has 2 aromatic rings. The first-order chi connectivity index (χ1) is 10.9. The maximum atomic E-state index is 5.05. The van der Waals surface area contributed by atoms with Crippen LogP contribution in [0.3, 0.4) is 0 Å². The minimum Gasteiger partial charge on any atom is -0.377 e. The van der Waals surface area contributed by atoms with Gasteiger partial charge in [-0.15, -0.1) is 0 Å². The van der Waals surface area contributed by atoms with Gasteiger partial charge in [-0.2, -0.15) is 4.37 Å². The smallest absolute Gasteiger partial charge is 0.202 e. The third-order valence-corrected chi connectivity index (χ3v) is 4.57. The fourth-order valence-corrected chi connectivity index (χ4v) is 3.36. The molecule has 3 rings (SSSR count). The predicted molar refractivity (Wildman–Crippen MR) is 90.5 cm³/mol. The van der Waals surface area contributed by atoms with Crippen LogP contribution in [0.4, 0.5) is 10.8 Å². The first-order valence-corrected chi connectivity index (χ1v) is 8.52. The number of hydrogen-bond donors (Lipinski definition) is 1. The van der Waals surface area contributed by atoms with Gasteiger partial charge in [-0.25, -0.2) is 4.98 Å². The molecule has 5 nitrogen and oxygen atoms in total. The van der Waals surface area contributed by atoms with Gasteiger partial charge in [0.25, 0.3) is 0 Å². The van der Waals surface area contributed by atoms with Crippen molar-refractivity contribution in [2.75, 3.05) is 30.4 Å². The van der Waals surface area contributed by atoms with Gasteiger partial charge >= 0.3 is 0 Å². The highest BCUT2D eigenvalue weighted by molar-refractivity contribution is 7.09. The van der Waals surface area contributed by atoms with E-state index in [-0.39, 0.29) is 0 Å². The lowest BCUT2D eigenvalue weighted by Crippen LogP contribution is -2.30. The number of nitrogens with one attached hydrogen (secondary N) is 1. The minimum absolute atomic E-state index is 0.461. The van der Waals surface area contributed by atoms with Crippen molar-refractivity contribution in [2.45, 2.75) is 32.4 Å². The Morgan fingerprint density at radius 1 is 1.23 bits per heavy atom. The summed E-state index contributed by atoms with van der Waals surface area (Å²) in [5.74, 6) is 0.735. The van der Waals surface area contributed by atoms with Gasteiger partial charge in [-0.1, -0.05) is 18.2 Å². The van der Waals surface area contributed by atoms with Gasteiger partial charge in [-0.3, -0.25) is 0 Å². The molecule has 1 aromatic heterocycles. The molecule has 0 saturated carbocycles. The summed E-state index contributed by atoms with van der Waals surface area (Å²) in [4.78, 5) is 6.91. The average Bonchev–Trinajstić information content (AvgIpc) is 3.02. The summed E-state index contributed by atoms with van der Waals surface area (Å²) in [6.45, 7) is 3.55. The molecular weight excluding hydrogens is 296 g/mol. The van der Waals surface area contributed by atoms with Crippen molar-refractivity contribution in [1.82, 2.24) is 9.36 Å². The molecule has 1 N–H and O–H groups in total. The highest BCUT2D eigenvalue weighted by atomic mass is 32.1.